The summed E-state index contributed by atoms with van der Waals surface area (Å²) < 4.78 is 2.48. The van der Waals surface area contributed by atoms with Gasteiger partial charge in [-0.3, -0.25) is 0 Å². The zero-order valence-electron chi connectivity index (χ0n) is 14.2. The van der Waals surface area contributed by atoms with Gasteiger partial charge in [-0.2, -0.15) is 0 Å². The Kier molecular flexibility index (Phi) is 3.21. The van der Waals surface area contributed by atoms with Crippen LogP contribution >= 0.6 is 0 Å². The number of hydrogen-bond acceptors (Lipinski definition) is 0. The van der Waals surface area contributed by atoms with Crippen molar-refractivity contribution in [2.45, 2.75) is 64.2 Å². The lowest BCUT2D eigenvalue weighted by atomic mass is 9.66. The van der Waals surface area contributed by atoms with E-state index in [0.29, 0.717) is 5.41 Å². The van der Waals surface area contributed by atoms with Crippen LogP contribution in [0.5, 0.6) is 0 Å². The van der Waals surface area contributed by atoms with E-state index in [4.69, 9.17) is 0 Å². The Bertz CT molecular complexity index is 754. The first-order valence-corrected chi connectivity index (χ1v) is 8.84. The number of allylic oxidation sites excluding steroid dienone is 2. The van der Waals surface area contributed by atoms with Gasteiger partial charge in [0.05, 0.1) is 0 Å². The lowest BCUT2D eigenvalue weighted by Crippen LogP contribution is -2.29. The van der Waals surface area contributed by atoms with Gasteiger partial charge in [-0.1, -0.05) is 48.6 Å². The molecule has 1 aromatic carbocycles. The second kappa shape index (κ2) is 5.01. The van der Waals surface area contributed by atoms with Crippen molar-refractivity contribution in [1.82, 2.24) is 4.57 Å². The molecule has 1 heteroatoms. The highest BCUT2D eigenvalue weighted by Crippen LogP contribution is 2.50. The van der Waals surface area contributed by atoms with E-state index in [2.05, 4.69) is 49.7 Å². The van der Waals surface area contributed by atoms with Crippen molar-refractivity contribution in [2.24, 2.45) is 7.05 Å². The minimum absolute atomic E-state index is 0.399. The maximum Gasteiger partial charge on any atom is 0.0483 e. The lowest BCUT2D eigenvalue weighted by Gasteiger charge is -2.38. The summed E-state index contributed by atoms with van der Waals surface area (Å²) in [5.74, 6) is 0. The normalized spacial score (nSPS) is 21.2. The number of hydrogen-bond donors (Lipinski definition) is 0. The number of aryl methyl sites for hydroxylation is 1. The fraction of sp³-hybridized carbons (Fsp3) is 0.524. The van der Waals surface area contributed by atoms with Crippen LogP contribution in [-0.2, 0) is 18.9 Å². The molecular weight excluding hydrogens is 266 g/mol. The molecule has 1 saturated carbocycles. The smallest absolute Gasteiger partial charge is 0.0483 e. The Morgan fingerprint density at radius 1 is 0.955 bits per heavy atom. The van der Waals surface area contributed by atoms with Gasteiger partial charge < -0.3 is 4.57 Å². The molecule has 22 heavy (non-hydrogen) atoms. The van der Waals surface area contributed by atoms with Crippen LogP contribution in [-0.4, -0.2) is 4.57 Å². The molecule has 0 bridgehead atoms. The Balaban J connectivity index is 2.05. The molecule has 4 rings (SSSR count). The third-order valence-electron chi connectivity index (χ3n) is 6.33. The monoisotopic (exact) mass is 293 g/mol. The predicted octanol–water partition coefficient (Wildman–Crippen LogP) is 5.66. The molecule has 0 N–H and O–H groups in total. The van der Waals surface area contributed by atoms with Gasteiger partial charge in [0.2, 0.25) is 0 Å². The third-order valence-corrected chi connectivity index (χ3v) is 6.33. The van der Waals surface area contributed by atoms with Crippen molar-refractivity contribution >= 4 is 10.9 Å². The zero-order chi connectivity index (χ0) is 15.3. The predicted molar refractivity (Wildman–Crippen MR) is 94.4 cm³/mol. The topological polar surface area (TPSA) is 4.93 Å². The Labute approximate surface area is 134 Å². The molecule has 0 saturated heterocycles. The highest BCUT2D eigenvalue weighted by molar-refractivity contribution is 5.87. The number of para-hydroxylation sites is 1. The van der Waals surface area contributed by atoms with Crippen molar-refractivity contribution in [2.75, 3.05) is 0 Å². The number of rotatable bonds is 0. The summed E-state index contributed by atoms with van der Waals surface area (Å²) in [5, 5.41) is 1.52. The van der Waals surface area contributed by atoms with E-state index in [1.807, 2.05) is 0 Å². The molecule has 1 heterocycles. The maximum atomic E-state index is 2.48. The van der Waals surface area contributed by atoms with Gasteiger partial charge in [0, 0.05) is 35.5 Å². The van der Waals surface area contributed by atoms with Crippen LogP contribution in [0.2, 0.25) is 0 Å². The van der Waals surface area contributed by atoms with E-state index in [1.165, 1.54) is 49.4 Å². The minimum atomic E-state index is 0.399. The number of nitrogens with zero attached hydrogens (tertiary/aromatic N) is 1. The fourth-order valence-corrected chi connectivity index (χ4v) is 5.05. The first-order valence-electron chi connectivity index (χ1n) is 8.84. The molecular formula is C21H27N. The molecule has 1 nitrogen and oxygen atoms in total. The summed E-state index contributed by atoms with van der Waals surface area (Å²) in [6.45, 7) is 4.72. The fourth-order valence-electron chi connectivity index (χ4n) is 5.05. The van der Waals surface area contributed by atoms with E-state index < -0.39 is 0 Å². The number of fused-ring (bicyclic) bond motifs is 4. The van der Waals surface area contributed by atoms with Crippen molar-refractivity contribution in [1.29, 1.82) is 0 Å². The van der Waals surface area contributed by atoms with Crippen LogP contribution in [0.15, 0.2) is 35.4 Å². The minimum Gasteiger partial charge on any atom is -0.347 e. The molecule has 1 aromatic heterocycles. The number of aromatic nitrogens is 1. The van der Waals surface area contributed by atoms with Crippen LogP contribution in [0.25, 0.3) is 10.9 Å². The summed E-state index contributed by atoms with van der Waals surface area (Å²) in [7, 11) is 2.27. The van der Waals surface area contributed by atoms with Crippen LogP contribution in [0, 0.1) is 0 Å². The number of benzene rings is 1. The molecule has 2 aromatic rings. The van der Waals surface area contributed by atoms with E-state index >= 15 is 0 Å². The van der Waals surface area contributed by atoms with Crippen molar-refractivity contribution in [3.8, 4) is 0 Å². The SMILES string of the molecule is CC1=C(C)CC2(CCCCC2)c2c(n(C)c3ccccc23)C1. The second-order valence-electron chi connectivity index (χ2n) is 7.65. The third kappa shape index (κ3) is 1.91. The van der Waals surface area contributed by atoms with Gasteiger partial charge in [-0.25, -0.2) is 0 Å². The average Bonchev–Trinajstić information content (AvgIpc) is 2.76. The average molecular weight is 293 g/mol. The van der Waals surface area contributed by atoms with Gasteiger partial charge >= 0.3 is 0 Å². The van der Waals surface area contributed by atoms with Crippen molar-refractivity contribution < 1.29 is 0 Å². The standard InChI is InChI=1S/C21H27N/c1-15-13-19-20(17-9-5-6-10-18(17)22(19)3)21(14-16(15)2)11-7-4-8-12-21/h5-6,9-10H,4,7-8,11-14H2,1-3H3. The molecule has 0 unspecified atom stereocenters. The quantitative estimate of drug-likeness (QED) is 0.552. The van der Waals surface area contributed by atoms with Crippen LogP contribution in [0.3, 0.4) is 0 Å². The second-order valence-corrected chi connectivity index (χ2v) is 7.65. The van der Waals surface area contributed by atoms with E-state index in [1.54, 1.807) is 22.4 Å². The van der Waals surface area contributed by atoms with Crippen LogP contribution < -0.4 is 0 Å². The Morgan fingerprint density at radius 3 is 2.45 bits per heavy atom. The Hall–Kier alpha value is -1.50. The molecule has 2 aliphatic rings. The Morgan fingerprint density at radius 2 is 1.68 bits per heavy atom. The van der Waals surface area contributed by atoms with E-state index in [9.17, 15) is 0 Å². The molecule has 2 aliphatic carbocycles. The zero-order valence-corrected chi connectivity index (χ0v) is 14.2. The van der Waals surface area contributed by atoms with Crippen LogP contribution in [0.1, 0.15) is 63.6 Å². The molecule has 0 amide bonds. The van der Waals surface area contributed by atoms with E-state index in [-0.39, 0.29) is 0 Å². The maximum absolute atomic E-state index is 2.48. The first kappa shape index (κ1) is 14.1. The largest absolute Gasteiger partial charge is 0.347 e. The molecule has 1 fully saturated rings. The van der Waals surface area contributed by atoms with Crippen molar-refractivity contribution in [3.05, 3.63) is 46.7 Å². The van der Waals surface area contributed by atoms with Gasteiger partial charge in [0.25, 0.3) is 0 Å². The first-order chi connectivity index (χ1) is 10.6. The van der Waals surface area contributed by atoms with E-state index in [0.717, 1.165) is 6.42 Å². The summed E-state index contributed by atoms with van der Waals surface area (Å²) in [4.78, 5) is 0. The van der Waals surface area contributed by atoms with Crippen LogP contribution in [0.4, 0.5) is 0 Å². The molecule has 0 radical (unpaired) electrons. The lowest BCUT2D eigenvalue weighted by molar-refractivity contribution is 0.291. The highest BCUT2D eigenvalue weighted by Gasteiger charge is 2.40. The summed E-state index contributed by atoms with van der Waals surface area (Å²) in [5.41, 5.74) is 8.33. The van der Waals surface area contributed by atoms with Gasteiger partial charge in [0.1, 0.15) is 0 Å². The molecule has 0 aliphatic heterocycles. The van der Waals surface area contributed by atoms with Gasteiger partial charge in [-0.05, 0) is 44.7 Å². The summed E-state index contributed by atoms with van der Waals surface area (Å²) >= 11 is 0. The van der Waals surface area contributed by atoms with Gasteiger partial charge in [0.15, 0.2) is 0 Å². The van der Waals surface area contributed by atoms with Gasteiger partial charge in [-0.15, -0.1) is 0 Å². The van der Waals surface area contributed by atoms with Crippen molar-refractivity contribution in [3.63, 3.8) is 0 Å². The summed E-state index contributed by atoms with van der Waals surface area (Å²) in [6.07, 6.45) is 9.37. The molecule has 0 atom stereocenters. The summed E-state index contributed by atoms with van der Waals surface area (Å²) in [6, 6.07) is 9.06. The molecule has 1 spiro atoms. The highest BCUT2D eigenvalue weighted by atomic mass is 15.0. The molecule has 116 valence electrons.